The van der Waals surface area contributed by atoms with E-state index in [0.29, 0.717) is 11.4 Å². The second kappa shape index (κ2) is 4.57. The number of halogens is 1. The number of hydrogen-bond acceptors (Lipinski definition) is 3. The first-order valence-electron chi connectivity index (χ1n) is 5.80. The Kier molecular flexibility index (Phi) is 2.76. The van der Waals surface area contributed by atoms with Crippen molar-refractivity contribution in [2.45, 2.75) is 0 Å². The summed E-state index contributed by atoms with van der Waals surface area (Å²) in [6, 6.07) is 13.5. The molecule has 1 heterocycles. The first-order valence-corrected chi connectivity index (χ1v) is 5.80. The van der Waals surface area contributed by atoms with Gasteiger partial charge >= 0.3 is 0 Å². The molecule has 2 aromatic carbocycles. The van der Waals surface area contributed by atoms with Gasteiger partial charge in [0.15, 0.2) is 5.75 Å². The molecule has 3 rings (SSSR count). The van der Waals surface area contributed by atoms with Crippen molar-refractivity contribution in [1.29, 1.82) is 0 Å². The van der Waals surface area contributed by atoms with E-state index in [1.807, 2.05) is 30.3 Å². The zero-order chi connectivity index (χ0) is 13.2. The molecule has 19 heavy (non-hydrogen) atoms. The van der Waals surface area contributed by atoms with Crippen LogP contribution in [0.5, 0.6) is 11.5 Å². The number of anilines is 1. The lowest BCUT2D eigenvalue weighted by molar-refractivity contribution is 0.478. The van der Waals surface area contributed by atoms with Crippen molar-refractivity contribution in [2.24, 2.45) is 0 Å². The molecule has 0 saturated carbocycles. The van der Waals surface area contributed by atoms with Gasteiger partial charge in [0.2, 0.25) is 0 Å². The lowest BCUT2D eigenvalue weighted by Gasteiger charge is -2.08. The van der Waals surface area contributed by atoms with Crippen LogP contribution in [0, 0.1) is 5.82 Å². The SMILES string of the molecule is Nc1ccc(F)cc1Oc1cnc2ccccc2c1. The minimum Gasteiger partial charge on any atom is -0.453 e. The van der Waals surface area contributed by atoms with Crippen molar-refractivity contribution in [3.05, 3.63) is 60.5 Å². The number of fused-ring (bicyclic) bond motifs is 1. The number of aromatic nitrogens is 1. The molecule has 0 aliphatic rings. The lowest BCUT2D eigenvalue weighted by atomic mass is 10.2. The highest BCUT2D eigenvalue weighted by atomic mass is 19.1. The third kappa shape index (κ3) is 2.33. The lowest BCUT2D eigenvalue weighted by Crippen LogP contribution is -1.93. The Labute approximate surface area is 109 Å². The Bertz CT molecular complexity index is 743. The molecule has 2 N–H and O–H groups in total. The zero-order valence-corrected chi connectivity index (χ0v) is 10.0. The van der Waals surface area contributed by atoms with Crippen molar-refractivity contribution >= 4 is 16.6 Å². The molecule has 0 atom stereocenters. The number of nitrogens with two attached hydrogens (primary N) is 1. The topological polar surface area (TPSA) is 48.1 Å². The molecule has 0 saturated heterocycles. The van der Waals surface area contributed by atoms with Gasteiger partial charge in [-0.3, -0.25) is 4.98 Å². The molecule has 4 heteroatoms. The molecule has 0 radical (unpaired) electrons. The molecule has 94 valence electrons. The molecular formula is C15H11FN2O. The number of pyridine rings is 1. The van der Waals surface area contributed by atoms with Crippen molar-refractivity contribution in [3.63, 3.8) is 0 Å². The van der Waals surface area contributed by atoms with Crippen LogP contribution in [0.4, 0.5) is 10.1 Å². The Balaban J connectivity index is 1.98. The van der Waals surface area contributed by atoms with Crippen LogP contribution < -0.4 is 10.5 Å². The summed E-state index contributed by atoms with van der Waals surface area (Å²) >= 11 is 0. The summed E-state index contributed by atoms with van der Waals surface area (Å²) in [6.07, 6.45) is 1.59. The van der Waals surface area contributed by atoms with E-state index in [9.17, 15) is 4.39 Å². The maximum Gasteiger partial charge on any atom is 0.153 e. The Morgan fingerprint density at radius 3 is 2.79 bits per heavy atom. The van der Waals surface area contributed by atoms with Crippen LogP contribution in [0.1, 0.15) is 0 Å². The summed E-state index contributed by atoms with van der Waals surface area (Å²) in [5, 5.41) is 0.954. The number of benzene rings is 2. The molecule has 0 fully saturated rings. The third-order valence-corrected chi connectivity index (χ3v) is 2.77. The average Bonchev–Trinajstić information content (AvgIpc) is 2.43. The second-order valence-corrected chi connectivity index (χ2v) is 4.15. The molecule has 0 unspecified atom stereocenters. The third-order valence-electron chi connectivity index (χ3n) is 2.77. The quantitative estimate of drug-likeness (QED) is 0.708. The van der Waals surface area contributed by atoms with Gasteiger partial charge in [-0.25, -0.2) is 4.39 Å². The van der Waals surface area contributed by atoms with E-state index in [1.165, 1.54) is 18.2 Å². The predicted octanol–water partition coefficient (Wildman–Crippen LogP) is 3.75. The number of para-hydroxylation sites is 1. The summed E-state index contributed by atoms with van der Waals surface area (Å²) < 4.78 is 18.7. The van der Waals surface area contributed by atoms with Gasteiger partial charge in [-0.1, -0.05) is 18.2 Å². The van der Waals surface area contributed by atoms with Crippen molar-refractivity contribution in [3.8, 4) is 11.5 Å². The monoisotopic (exact) mass is 254 g/mol. The van der Waals surface area contributed by atoms with E-state index in [4.69, 9.17) is 10.5 Å². The molecular weight excluding hydrogens is 243 g/mol. The van der Waals surface area contributed by atoms with Gasteiger partial charge in [0, 0.05) is 11.5 Å². The number of hydrogen-bond donors (Lipinski definition) is 1. The number of rotatable bonds is 2. The zero-order valence-electron chi connectivity index (χ0n) is 10.0. The van der Waals surface area contributed by atoms with Gasteiger partial charge in [-0.2, -0.15) is 0 Å². The van der Waals surface area contributed by atoms with Crippen LogP contribution in [0.2, 0.25) is 0 Å². The molecule has 0 spiro atoms. The van der Waals surface area contributed by atoms with Gasteiger partial charge in [-0.05, 0) is 24.3 Å². The van der Waals surface area contributed by atoms with Crippen LogP contribution in [-0.4, -0.2) is 4.98 Å². The largest absolute Gasteiger partial charge is 0.453 e. The molecule has 0 amide bonds. The highest BCUT2D eigenvalue weighted by molar-refractivity contribution is 5.79. The number of nitrogens with zero attached hydrogens (tertiary/aromatic N) is 1. The summed E-state index contributed by atoms with van der Waals surface area (Å²) in [6.45, 7) is 0. The first-order chi connectivity index (χ1) is 9.22. The van der Waals surface area contributed by atoms with E-state index in [0.717, 1.165) is 10.9 Å². The minimum atomic E-state index is -0.391. The van der Waals surface area contributed by atoms with E-state index >= 15 is 0 Å². The van der Waals surface area contributed by atoms with Crippen molar-refractivity contribution in [2.75, 3.05) is 5.73 Å². The first kappa shape index (κ1) is 11.5. The molecule has 0 aliphatic carbocycles. The van der Waals surface area contributed by atoms with E-state index in [2.05, 4.69) is 4.98 Å². The average molecular weight is 254 g/mol. The maximum atomic E-state index is 13.2. The van der Waals surface area contributed by atoms with Crippen LogP contribution in [0.25, 0.3) is 10.9 Å². The Morgan fingerprint density at radius 2 is 1.89 bits per heavy atom. The smallest absolute Gasteiger partial charge is 0.153 e. The van der Waals surface area contributed by atoms with Crippen LogP contribution in [0.15, 0.2) is 54.7 Å². The van der Waals surface area contributed by atoms with Crippen molar-refractivity contribution in [1.82, 2.24) is 4.98 Å². The standard InChI is InChI=1S/C15H11FN2O/c16-11-5-6-13(17)15(8-11)19-12-7-10-3-1-2-4-14(10)18-9-12/h1-9H,17H2. The van der Waals surface area contributed by atoms with E-state index in [1.54, 1.807) is 6.20 Å². The minimum absolute atomic E-state index is 0.289. The molecule has 3 aromatic rings. The molecule has 1 aromatic heterocycles. The number of nitrogen functional groups attached to an aromatic ring is 1. The molecule has 3 nitrogen and oxygen atoms in total. The summed E-state index contributed by atoms with van der Waals surface area (Å²) in [5.41, 5.74) is 7.00. The van der Waals surface area contributed by atoms with E-state index < -0.39 is 5.82 Å². The number of ether oxygens (including phenoxy) is 1. The van der Waals surface area contributed by atoms with Crippen LogP contribution in [0.3, 0.4) is 0 Å². The predicted molar refractivity (Wildman–Crippen MR) is 72.6 cm³/mol. The second-order valence-electron chi connectivity index (χ2n) is 4.15. The molecule has 0 aliphatic heterocycles. The maximum absolute atomic E-state index is 13.2. The van der Waals surface area contributed by atoms with Gasteiger partial charge in [0.1, 0.15) is 11.6 Å². The van der Waals surface area contributed by atoms with Gasteiger partial charge in [0.05, 0.1) is 17.4 Å². The highest BCUT2D eigenvalue weighted by Crippen LogP contribution is 2.29. The fourth-order valence-corrected chi connectivity index (χ4v) is 1.83. The summed E-state index contributed by atoms with van der Waals surface area (Å²) in [7, 11) is 0. The van der Waals surface area contributed by atoms with Crippen molar-refractivity contribution < 1.29 is 9.13 Å². The Morgan fingerprint density at radius 1 is 1.05 bits per heavy atom. The van der Waals surface area contributed by atoms with Crippen LogP contribution >= 0.6 is 0 Å². The van der Waals surface area contributed by atoms with E-state index in [-0.39, 0.29) is 5.75 Å². The fraction of sp³-hybridized carbons (Fsp3) is 0. The van der Waals surface area contributed by atoms with Crippen LogP contribution in [-0.2, 0) is 0 Å². The van der Waals surface area contributed by atoms with Gasteiger partial charge in [-0.15, -0.1) is 0 Å². The van der Waals surface area contributed by atoms with Gasteiger partial charge in [0.25, 0.3) is 0 Å². The highest BCUT2D eigenvalue weighted by Gasteiger charge is 2.05. The normalized spacial score (nSPS) is 10.6. The summed E-state index contributed by atoms with van der Waals surface area (Å²) in [5.74, 6) is 0.422. The molecule has 0 bridgehead atoms. The fourth-order valence-electron chi connectivity index (χ4n) is 1.83. The summed E-state index contributed by atoms with van der Waals surface area (Å²) in [4.78, 5) is 4.27. The Hall–Kier alpha value is -2.62. The van der Waals surface area contributed by atoms with Gasteiger partial charge < -0.3 is 10.5 Å².